The van der Waals surface area contributed by atoms with Gasteiger partial charge in [0.2, 0.25) is 0 Å². The molecule has 3 aromatic rings. The standard InChI is InChI=1S/2C9H13NO.C9H13N.C7H11N/c1-7(10)8-3-5-9(11-2)6-4-8;1-7(10)8-5-3-4-6-9(8)11-2;1-7-4-3-5-9(6-7)8(2)10;1-2-5-8-6-3-4-7-8/h2*3-7H,10H2,1-2H3;3-6,8H,10H2,1-2H3;1H,3-7H2. The monoisotopic (exact) mass is 546 g/mol. The van der Waals surface area contributed by atoms with Crippen LogP contribution in [0.5, 0.6) is 11.5 Å². The van der Waals surface area contributed by atoms with Crippen LogP contribution >= 0.6 is 0 Å². The molecule has 6 nitrogen and oxygen atoms in total. The van der Waals surface area contributed by atoms with Gasteiger partial charge in [-0.1, -0.05) is 66.1 Å². The van der Waals surface area contributed by atoms with E-state index in [0.29, 0.717) is 0 Å². The molecule has 0 bridgehead atoms. The van der Waals surface area contributed by atoms with Gasteiger partial charge in [0.05, 0.1) is 20.8 Å². The van der Waals surface area contributed by atoms with Gasteiger partial charge in [-0.15, -0.1) is 6.42 Å². The zero-order valence-electron chi connectivity index (χ0n) is 25.3. The Labute approximate surface area is 242 Å². The normalized spacial score (nSPS) is 14.4. The minimum absolute atomic E-state index is 0.0335. The molecule has 218 valence electrons. The summed E-state index contributed by atoms with van der Waals surface area (Å²) >= 11 is 0. The second kappa shape index (κ2) is 19.7. The van der Waals surface area contributed by atoms with E-state index in [4.69, 9.17) is 33.1 Å². The van der Waals surface area contributed by atoms with Crippen LogP contribution in [0.4, 0.5) is 0 Å². The number of aryl methyl sites for hydroxylation is 1. The first kappa shape index (κ1) is 34.7. The van der Waals surface area contributed by atoms with Crippen molar-refractivity contribution in [3.63, 3.8) is 0 Å². The van der Waals surface area contributed by atoms with Gasteiger partial charge in [0.1, 0.15) is 11.5 Å². The van der Waals surface area contributed by atoms with Gasteiger partial charge in [-0.25, -0.2) is 0 Å². The fourth-order valence-electron chi connectivity index (χ4n) is 3.97. The maximum absolute atomic E-state index is 5.71. The van der Waals surface area contributed by atoms with Crippen LogP contribution in [0.25, 0.3) is 0 Å². The number of hydrogen-bond acceptors (Lipinski definition) is 6. The summed E-state index contributed by atoms with van der Waals surface area (Å²) in [6, 6.07) is 24.1. The second-order valence-electron chi connectivity index (χ2n) is 9.98. The molecular weight excluding hydrogens is 496 g/mol. The Morgan fingerprint density at radius 2 is 1.38 bits per heavy atom. The van der Waals surface area contributed by atoms with Gasteiger partial charge in [-0.3, -0.25) is 4.90 Å². The van der Waals surface area contributed by atoms with Gasteiger partial charge in [0, 0.05) is 23.7 Å². The lowest BCUT2D eigenvalue weighted by Gasteiger charge is -2.10. The summed E-state index contributed by atoms with van der Waals surface area (Å²) in [6.07, 6.45) is 7.79. The highest BCUT2D eigenvalue weighted by Gasteiger charge is 2.08. The summed E-state index contributed by atoms with van der Waals surface area (Å²) < 4.78 is 10.1. The van der Waals surface area contributed by atoms with Gasteiger partial charge in [0.15, 0.2) is 0 Å². The molecule has 6 heteroatoms. The van der Waals surface area contributed by atoms with Crippen LogP contribution in [-0.4, -0.2) is 38.8 Å². The summed E-state index contributed by atoms with van der Waals surface area (Å²) in [5.41, 5.74) is 21.7. The summed E-state index contributed by atoms with van der Waals surface area (Å²) in [7, 11) is 3.31. The van der Waals surface area contributed by atoms with E-state index in [1.54, 1.807) is 14.2 Å². The van der Waals surface area contributed by atoms with Crippen LogP contribution in [0.15, 0.2) is 72.8 Å². The lowest BCUT2D eigenvalue weighted by Crippen LogP contribution is -2.18. The highest BCUT2D eigenvalue weighted by molar-refractivity contribution is 5.35. The number of terminal acetylenes is 1. The molecule has 1 aliphatic rings. The molecule has 0 spiro atoms. The fourth-order valence-corrected chi connectivity index (χ4v) is 3.97. The molecule has 1 heterocycles. The highest BCUT2D eigenvalue weighted by atomic mass is 16.5. The van der Waals surface area contributed by atoms with Gasteiger partial charge in [0.25, 0.3) is 0 Å². The van der Waals surface area contributed by atoms with E-state index in [0.717, 1.165) is 29.2 Å². The maximum atomic E-state index is 5.71. The van der Waals surface area contributed by atoms with Gasteiger partial charge >= 0.3 is 0 Å². The average Bonchev–Trinajstić information content (AvgIpc) is 3.47. The molecule has 1 fully saturated rings. The smallest absolute Gasteiger partial charge is 0.123 e. The number of likely N-dealkylation sites (tertiary alicyclic amines) is 1. The SMILES string of the molecule is C#CCN1CCCC1.COc1ccc(C(C)N)cc1.COc1ccccc1C(C)N.Cc1cccc(C(C)N)c1. The molecule has 0 aromatic heterocycles. The Morgan fingerprint density at radius 1 is 0.775 bits per heavy atom. The lowest BCUT2D eigenvalue weighted by atomic mass is 10.1. The van der Waals surface area contributed by atoms with Crippen LogP contribution in [0, 0.1) is 19.3 Å². The van der Waals surface area contributed by atoms with E-state index in [-0.39, 0.29) is 18.1 Å². The van der Waals surface area contributed by atoms with Crippen LogP contribution in [-0.2, 0) is 0 Å². The minimum Gasteiger partial charge on any atom is -0.497 e. The van der Waals surface area contributed by atoms with Gasteiger partial charge < -0.3 is 26.7 Å². The summed E-state index contributed by atoms with van der Waals surface area (Å²) in [6.45, 7) is 11.2. The quantitative estimate of drug-likeness (QED) is 0.320. The third-order valence-corrected chi connectivity index (χ3v) is 6.35. The number of nitrogens with zero attached hydrogens (tertiary/aromatic N) is 1. The number of para-hydroxylation sites is 1. The third-order valence-electron chi connectivity index (χ3n) is 6.35. The predicted molar refractivity (Wildman–Crippen MR) is 169 cm³/mol. The molecule has 0 saturated carbocycles. The largest absolute Gasteiger partial charge is 0.497 e. The first-order chi connectivity index (χ1) is 19.1. The number of nitrogens with two attached hydrogens (primary N) is 3. The Morgan fingerprint density at radius 3 is 1.80 bits per heavy atom. The molecule has 0 amide bonds. The Balaban J connectivity index is 0.000000268. The van der Waals surface area contributed by atoms with Crippen molar-refractivity contribution in [2.45, 2.75) is 58.7 Å². The molecule has 6 N–H and O–H groups in total. The van der Waals surface area contributed by atoms with Crippen LogP contribution in [0.3, 0.4) is 0 Å². The third kappa shape index (κ3) is 13.6. The molecule has 4 rings (SSSR count). The first-order valence-electron chi connectivity index (χ1n) is 13.9. The van der Waals surface area contributed by atoms with Crippen molar-refractivity contribution in [1.82, 2.24) is 4.90 Å². The van der Waals surface area contributed by atoms with Crippen LogP contribution in [0.1, 0.15) is 74.0 Å². The molecule has 3 aromatic carbocycles. The number of methoxy groups -OCH3 is 2. The van der Waals surface area contributed by atoms with Gasteiger partial charge in [-0.05, 0) is 83.0 Å². The molecule has 3 unspecified atom stereocenters. The molecule has 40 heavy (non-hydrogen) atoms. The molecular formula is C34H50N4O2. The summed E-state index contributed by atoms with van der Waals surface area (Å²) in [4.78, 5) is 2.31. The molecule has 1 aliphatic heterocycles. The lowest BCUT2D eigenvalue weighted by molar-refractivity contribution is 0.383. The van der Waals surface area contributed by atoms with Crippen LogP contribution in [0.2, 0.25) is 0 Å². The van der Waals surface area contributed by atoms with E-state index in [2.05, 4.69) is 35.9 Å². The molecule has 1 saturated heterocycles. The predicted octanol–water partition coefficient (Wildman–Crippen LogP) is 6.16. The minimum atomic E-state index is 0.0335. The van der Waals surface area contributed by atoms with E-state index in [9.17, 15) is 0 Å². The average molecular weight is 547 g/mol. The summed E-state index contributed by atoms with van der Waals surface area (Å²) in [5.74, 6) is 4.37. The van der Waals surface area contributed by atoms with Crippen molar-refractivity contribution in [2.24, 2.45) is 17.2 Å². The molecule has 0 aliphatic carbocycles. The molecule has 0 radical (unpaired) electrons. The summed E-state index contributed by atoms with van der Waals surface area (Å²) in [5, 5.41) is 0. The number of benzene rings is 3. The first-order valence-corrected chi connectivity index (χ1v) is 13.9. The highest BCUT2D eigenvalue weighted by Crippen LogP contribution is 2.22. The van der Waals surface area contributed by atoms with E-state index in [1.165, 1.54) is 37.1 Å². The van der Waals surface area contributed by atoms with E-state index < -0.39 is 0 Å². The molecule has 3 atom stereocenters. The zero-order valence-corrected chi connectivity index (χ0v) is 25.3. The Kier molecular flexibility index (Phi) is 17.1. The van der Waals surface area contributed by atoms with Crippen molar-refractivity contribution in [3.05, 3.63) is 95.1 Å². The second-order valence-corrected chi connectivity index (χ2v) is 9.98. The zero-order chi connectivity index (χ0) is 29.9. The van der Waals surface area contributed by atoms with Crippen molar-refractivity contribution in [1.29, 1.82) is 0 Å². The van der Waals surface area contributed by atoms with Crippen molar-refractivity contribution in [3.8, 4) is 23.8 Å². The number of rotatable bonds is 6. The Bertz CT molecular complexity index is 1120. The number of hydrogen-bond donors (Lipinski definition) is 3. The van der Waals surface area contributed by atoms with E-state index in [1.807, 2.05) is 75.4 Å². The maximum Gasteiger partial charge on any atom is 0.123 e. The topological polar surface area (TPSA) is 99.8 Å². The number of ether oxygens (including phenoxy) is 2. The van der Waals surface area contributed by atoms with E-state index >= 15 is 0 Å². The van der Waals surface area contributed by atoms with Crippen LogP contribution < -0.4 is 26.7 Å². The van der Waals surface area contributed by atoms with Crippen molar-refractivity contribution >= 4 is 0 Å². The fraction of sp³-hybridized carbons (Fsp3) is 0.412. The van der Waals surface area contributed by atoms with Crippen molar-refractivity contribution in [2.75, 3.05) is 33.9 Å². The van der Waals surface area contributed by atoms with Crippen molar-refractivity contribution < 1.29 is 9.47 Å². The Hall–Kier alpha value is -3.34. The van der Waals surface area contributed by atoms with Gasteiger partial charge in [-0.2, -0.15) is 0 Å².